The molecule has 0 spiro atoms. The summed E-state index contributed by atoms with van der Waals surface area (Å²) in [6.45, 7) is 4.10. The highest BCUT2D eigenvalue weighted by molar-refractivity contribution is 9.10. The SMILES string of the molecule is CC(C)c1ccc(-c2cc(C(F)(F)F)n3nc(C(=O)N4N=C5/C(=C/c6ccc(Br)cc6)CCCC5C4c4ccc(Br)cc4)cc3n2)cc1. The molecule has 244 valence electrons. The van der Waals surface area contributed by atoms with Crippen LogP contribution in [-0.2, 0) is 6.18 Å². The summed E-state index contributed by atoms with van der Waals surface area (Å²) in [7, 11) is 0. The summed E-state index contributed by atoms with van der Waals surface area (Å²) in [5.74, 6) is -0.406. The summed E-state index contributed by atoms with van der Waals surface area (Å²) in [4.78, 5) is 18.9. The Hall–Kier alpha value is -4.09. The first-order valence-corrected chi connectivity index (χ1v) is 17.3. The molecule has 1 amide bonds. The largest absolute Gasteiger partial charge is 0.433 e. The van der Waals surface area contributed by atoms with E-state index in [0.717, 1.165) is 62.2 Å². The van der Waals surface area contributed by atoms with E-state index >= 15 is 0 Å². The Bertz CT molecular complexity index is 2070. The maximum absolute atomic E-state index is 14.4. The molecule has 6 nitrogen and oxygen atoms in total. The summed E-state index contributed by atoms with van der Waals surface area (Å²) in [5.41, 5.74) is 4.25. The van der Waals surface area contributed by atoms with Gasteiger partial charge in [0.15, 0.2) is 17.0 Å². The van der Waals surface area contributed by atoms with Crippen LogP contribution in [0.3, 0.4) is 0 Å². The number of hydrogen-bond acceptors (Lipinski definition) is 4. The molecule has 1 aliphatic carbocycles. The monoisotopic (exact) mass is 775 g/mol. The molecule has 2 aromatic heterocycles. The van der Waals surface area contributed by atoms with Crippen molar-refractivity contribution in [3.05, 3.63) is 128 Å². The van der Waals surface area contributed by atoms with Gasteiger partial charge in [-0.3, -0.25) is 4.79 Å². The lowest BCUT2D eigenvalue weighted by Gasteiger charge is -2.29. The summed E-state index contributed by atoms with van der Waals surface area (Å²) in [6, 6.07) is 24.9. The Labute approximate surface area is 292 Å². The molecule has 5 aromatic rings. The van der Waals surface area contributed by atoms with Crippen LogP contribution in [0, 0.1) is 5.92 Å². The number of alkyl halides is 3. The maximum atomic E-state index is 14.4. The van der Waals surface area contributed by atoms with Gasteiger partial charge in [-0.15, -0.1) is 0 Å². The van der Waals surface area contributed by atoms with Crippen LogP contribution in [0.2, 0.25) is 0 Å². The smallest absolute Gasteiger partial charge is 0.265 e. The summed E-state index contributed by atoms with van der Waals surface area (Å²) in [6.07, 6.45) is -0.117. The lowest BCUT2D eigenvalue weighted by molar-refractivity contribution is -0.142. The fraction of sp³-hybridized carbons (Fsp3) is 0.243. The predicted octanol–water partition coefficient (Wildman–Crippen LogP) is 10.5. The van der Waals surface area contributed by atoms with E-state index in [9.17, 15) is 18.0 Å². The van der Waals surface area contributed by atoms with Gasteiger partial charge in [0.05, 0.1) is 17.4 Å². The van der Waals surface area contributed by atoms with Crippen molar-refractivity contribution >= 4 is 55.2 Å². The van der Waals surface area contributed by atoms with Crippen molar-refractivity contribution in [2.75, 3.05) is 0 Å². The van der Waals surface area contributed by atoms with Crippen molar-refractivity contribution in [3.8, 4) is 11.3 Å². The highest BCUT2D eigenvalue weighted by Gasteiger charge is 2.45. The minimum atomic E-state index is -4.74. The number of benzene rings is 3. The number of hydrazone groups is 1. The average Bonchev–Trinajstić information content (AvgIpc) is 3.68. The van der Waals surface area contributed by atoms with Crippen molar-refractivity contribution in [1.82, 2.24) is 19.6 Å². The van der Waals surface area contributed by atoms with E-state index < -0.39 is 23.8 Å². The molecule has 11 heteroatoms. The number of rotatable bonds is 5. The molecule has 1 aliphatic heterocycles. The molecule has 3 aromatic carbocycles. The van der Waals surface area contributed by atoms with E-state index in [1.165, 1.54) is 11.1 Å². The number of halogens is 5. The highest BCUT2D eigenvalue weighted by Crippen LogP contribution is 2.45. The molecule has 7 rings (SSSR count). The second-order valence-electron chi connectivity index (χ2n) is 12.5. The van der Waals surface area contributed by atoms with E-state index in [4.69, 9.17) is 5.10 Å². The molecule has 0 N–H and O–H groups in total. The van der Waals surface area contributed by atoms with E-state index in [1.807, 2.05) is 74.5 Å². The number of fused-ring (bicyclic) bond motifs is 2. The van der Waals surface area contributed by atoms with Crippen LogP contribution in [0.4, 0.5) is 13.2 Å². The maximum Gasteiger partial charge on any atom is 0.433 e. The molecular formula is C37H30Br2F3N5O. The van der Waals surface area contributed by atoms with Crippen LogP contribution >= 0.6 is 31.9 Å². The number of hydrogen-bond donors (Lipinski definition) is 0. The van der Waals surface area contributed by atoms with Gasteiger partial charge in [-0.25, -0.2) is 14.5 Å². The Balaban J connectivity index is 1.32. The summed E-state index contributed by atoms with van der Waals surface area (Å²) >= 11 is 6.98. The molecule has 2 unspecified atom stereocenters. The number of amides is 1. The molecule has 3 heterocycles. The van der Waals surface area contributed by atoms with Gasteiger partial charge in [0.1, 0.15) is 0 Å². The van der Waals surface area contributed by atoms with E-state index in [-0.39, 0.29) is 28.9 Å². The van der Waals surface area contributed by atoms with E-state index in [0.29, 0.717) is 10.1 Å². The fourth-order valence-corrected chi connectivity index (χ4v) is 7.03. The highest BCUT2D eigenvalue weighted by atomic mass is 79.9. The van der Waals surface area contributed by atoms with Gasteiger partial charge >= 0.3 is 6.18 Å². The van der Waals surface area contributed by atoms with Crippen LogP contribution in [-0.4, -0.2) is 31.2 Å². The average molecular weight is 777 g/mol. The van der Waals surface area contributed by atoms with Crippen molar-refractivity contribution in [2.24, 2.45) is 11.0 Å². The molecule has 0 saturated heterocycles. The zero-order valence-electron chi connectivity index (χ0n) is 26.0. The Morgan fingerprint density at radius 3 is 2.25 bits per heavy atom. The first kappa shape index (κ1) is 32.5. The number of aromatic nitrogens is 3. The van der Waals surface area contributed by atoms with Crippen LogP contribution in [0.5, 0.6) is 0 Å². The van der Waals surface area contributed by atoms with Crippen LogP contribution in [0.15, 0.2) is 105 Å². The van der Waals surface area contributed by atoms with Crippen molar-refractivity contribution in [3.63, 3.8) is 0 Å². The number of carbonyl (C=O) groups excluding carboxylic acids is 1. The third-order valence-corrected chi connectivity index (χ3v) is 10.00. The van der Waals surface area contributed by atoms with Gasteiger partial charge in [-0.2, -0.15) is 23.4 Å². The Morgan fingerprint density at radius 2 is 1.60 bits per heavy atom. The minimum Gasteiger partial charge on any atom is -0.265 e. The predicted molar refractivity (Wildman–Crippen MR) is 187 cm³/mol. The third-order valence-electron chi connectivity index (χ3n) is 8.94. The number of carbonyl (C=O) groups is 1. The molecule has 1 fully saturated rings. The lowest BCUT2D eigenvalue weighted by atomic mass is 9.77. The Kier molecular flexibility index (Phi) is 8.62. The van der Waals surface area contributed by atoms with Crippen LogP contribution < -0.4 is 0 Å². The molecule has 2 aliphatic rings. The third kappa shape index (κ3) is 6.25. The molecular weight excluding hydrogens is 747 g/mol. The first-order chi connectivity index (χ1) is 23.0. The molecule has 48 heavy (non-hydrogen) atoms. The molecule has 2 atom stereocenters. The second-order valence-corrected chi connectivity index (χ2v) is 14.3. The standard InChI is InChI=1S/C37H30Br2F3N5O/c1-21(2)23-8-10-24(11-9-23)30-19-32(37(40,41)42)46-33(43-30)20-31(44-46)36(48)47-35(25-12-16-28(39)17-13-25)29-5-3-4-26(34(29)45-47)18-22-6-14-27(38)15-7-22/h6-21,29,35H,3-5H2,1-2H3/b26-18+. The van der Waals surface area contributed by atoms with E-state index in [1.54, 1.807) is 12.1 Å². The lowest BCUT2D eigenvalue weighted by Crippen LogP contribution is -2.32. The van der Waals surface area contributed by atoms with Crippen molar-refractivity contribution < 1.29 is 18.0 Å². The first-order valence-electron chi connectivity index (χ1n) is 15.7. The Morgan fingerprint density at radius 1 is 0.938 bits per heavy atom. The molecule has 0 bridgehead atoms. The van der Waals surface area contributed by atoms with Crippen molar-refractivity contribution in [1.29, 1.82) is 0 Å². The topological polar surface area (TPSA) is 62.9 Å². The fourth-order valence-electron chi connectivity index (χ4n) is 6.51. The van der Waals surface area contributed by atoms with Crippen LogP contribution in [0.25, 0.3) is 23.0 Å². The summed E-state index contributed by atoms with van der Waals surface area (Å²) < 4.78 is 45.9. The van der Waals surface area contributed by atoms with Gasteiger partial charge in [0.25, 0.3) is 5.91 Å². The molecule has 1 saturated carbocycles. The zero-order valence-corrected chi connectivity index (χ0v) is 29.2. The van der Waals surface area contributed by atoms with Gasteiger partial charge < -0.3 is 0 Å². The minimum absolute atomic E-state index is 0.0728. The normalized spacial score (nSPS) is 18.9. The van der Waals surface area contributed by atoms with Gasteiger partial charge in [0.2, 0.25) is 0 Å². The van der Waals surface area contributed by atoms with Gasteiger partial charge in [-0.05, 0) is 83.9 Å². The molecule has 0 radical (unpaired) electrons. The summed E-state index contributed by atoms with van der Waals surface area (Å²) in [5, 5.41) is 10.5. The zero-order chi connectivity index (χ0) is 33.7. The van der Waals surface area contributed by atoms with Gasteiger partial charge in [0, 0.05) is 26.5 Å². The van der Waals surface area contributed by atoms with E-state index in [2.05, 4.69) is 48.0 Å². The number of nitrogens with zero attached hydrogens (tertiary/aromatic N) is 5. The van der Waals surface area contributed by atoms with Gasteiger partial charge in [-0.1, -0.05) is 94.2 Å². The quantitative estimate of drug-likeness (QED) is 0.179. The number of allylic oxidation sites excluding steroid dienone is 1. The van der Waals surface area contributed by atoms with Crippen LogP contribution in [0.1, 0.15) is 77.9 Å². The van der Waals surface area contributed by atoms with Crippen molar-refractivity contribution in [2.45, 2.75) is 51.2 Å². The second kappa shape index (κ2) is 12.7.